The van der Waals surface area contributed by atoms with Crippen LogP contribution in [0, 0.1) is 0 Å². The first-order valence-electron chi connectivity index (χ1n) is 6.61. The fourth-order valence-corrected chi connectivity index (χ4v) is 3.17. The maximum atomic E-state index is 6.30. The van der Waals surface area contributed by atoms with E-state index in [1.807, 2.05) is 12.1 Å². The molecule has 4 heteroatoms. The van der Waals surface area contributed by atoms with Crippen LogP contribution in [-0.4, -0.2) is 21.7 Å². The van der Waals surface area contributed by atoms with Crippen molar-refractivity contribution in [3.63, 3.8) is 0 Å². The Morgan fingerprint density at radius 1 is 1.26 bits per heavy atom. The summed E-state index contributed by atoms with van der Waals surface area (Å²) in [5.74, 6) is 0. The number of methoxy groups -OCH3 is 1. The van der Waals surface area contributed by atoms with Crippen LogP contribution in [0.4, 0.5) is 0 Å². The second kappa shape index (κ2) is 6.53. The quantitative estimate of drug-likeness (QED) is 0.553. The first kappa shape index (κ1) is 16.9. The largest absolute Gasteiger partial charge is 0.392 e. The van der Waals surface area contributed by atoms with E-state index < -0.39 is 8.32 Å². The molecule has 1 unspecified atom stereocenters. The molecule has 0 heterocycles. The summed E-state index contributed by atoms with van der Waals surface area (Å²) in [4.78, 5) is 0. The molecule has 0 saturated carbocycles. The highest BCUT2D eigenvalue weighted by atomic mass is 79.9. The van der Waals surface area contributed by atoms with Gasteiger partial charge < -0.3 is 9.16 Å². The molecule has 19 heavy (non-hydrogen) atoms. The van der Waals surface area contributed by atoms with Crippen LogP contribution in [0.15, 0.2) is 28.7 Å². The highest BCUT2D eigenvalue weighted by Gasteiger charge is 2.39. The molecule has 0 aliphatic rings. The van der Waals surface area contributed by atoms with Crippen molar-refractivity contribution in [2.75, 3.05) is 7.11 Å². The Balaban J connectivity index is 2.75. The maximum Gasteiger partial charge on any atom is 0.195 e. The molecule has 0 saturated heterocycles. The van der Waals surface area contributed by atoms with E-state index in [0.717, 1.165) is 10.9 Å². The maximum absolute atomic E-state index is 6.30. The van der Waals surface area contributed by atoms with Gasteiger partial charge in [-0.25, -0.2) is 0 Å². The van der Waals surface area contributed by atoms with E-state index in [4.69, 9.17) is 9.16 Å². The molecule has 1 aromatic rings. The van der Waals surface area contributed by atoms with Crippen LogP contribution in [0.25, 0.3) is 0 Å². The molecule has 0 spiro atoms. The predicted molar refractivity (Wildman–Crippen MR) is 86.9 cm³/mol. The third-order valence-corrected chi connectivity index (χ3v) is 8.74. The van der Waals surface area contributed by atoms with E-state index in [1.54, 1.807) is 7.11 Å². The SMILES string of the molecule is COC(Cc1cccc(Br)c1)O[Si](C)(C)C(C)(C)C. The molecule has 1 atom stereocenters. The van der Waals surface area contributed by atoms with Crippen LogP contribution >= 0.6 is 15.9 Å². The third kappa shape index (κ3) is 5.03. The van der Waals surface area contributed by atoms with Crippen molar-refractivity contribution < 1.29 is 9.16 Å². The fraction of sp³-hybridized carbons (Fsp3) is 0.600. The van der Waals surface area contributed by atoms with Gasteiger partial charge in [0, 0.05) is 18.0 Å². The van der Waals surface area contributed by atoms with Crippen LogP contribution in [0.3, 0.4) is 0 Å². The van der Waals surface area contributed by atoms with Gasteiger partial charge in [-0.3, -0.25) is 0 Å². The van der Waals surface area contributed by atoms with Gasteiger partial charge in [-0.2, -0.15) is 0 Å². The zero-order chi connectivity index (χ0) is 14.7. The smallest absolute Gasteiger partial charge is 0.195 e. The van der Waals surface area contributed by atoms with E-state index in [1.165, 1.54) is 5.56 Å². The van der Waals surface area contributed by atoms with E-state index in [2.05, 4.69) is 61.9 Å². The fourth-order valence-electron chi connectivity index (χ4n) is 1.53. The van der Waals surface area contributed by atoms with Crippen LogP contribution in [-0.2, 0) is 15.6 Å². The molecule has 0 fully saturated rings. The third-order valence-electron chi connectivity index (χ3n) is 3.79. The van der Waals surface area contributed by atoms with Gasteiger partial charge in [-0.15, -0.1) is 0 Å². The number of hydrogen-bond donors (Lipinski definition) is 0. The number of halogens is 1. The van der Waals surface area contributed by atoms with E-state index in [-0.39, 0.29) is 11.3 Å². The van der Waals surface area contributed by atoms with Crippen molar-refractivity contribution in [1.82, 2.24) is 0 Å². The minimum Gasteiger partial charge on any atom is -0.392 e. The Kier molecular flexibility index (Phi) is 5.80. The molecule has 0 radical (unpaired) electrons. The average Bonchev–Trinajstić information content (AvgIpc) is 2.26. The molecule has 1 rings (SSSR count). The number of ether oxygens (including phenoxy) is 1. The molecule has 0 N–H and O–H groups in total. The van der Waals surface area contributed by atoms with Crippen LogP contribution in [0.5, 0.6) is 0 Å². The second-order valence-electron chi connectivity index (χ2n) is 6.38. The number of benzene rings is 1. The molecule has 0 amide bonds. The second-order valence-corrected chi connectivity index (χ2v) is 12.0. The summed E-state index contributed by atoms with van der Waals surface area (Å²) >= 11 is 3.49. The lowest BCUT2D eigenvalue weighted by Crippen LogP contribution is -2.45. The number of rotatable bonds is 5. The Hall–Kier alpha value is -0.163. The monoisotopic (exact) mass is 344 g/mol. The van der Waals surface area contributed by atoms with E-state index >= 15 is 0 Å². The van der Waals surface area contributed by atoms with Crippen LogP contribution in [0.1, 0.15) is 26.3 Å². The minimum atomic E-state index is -1.79. The van der Waals surface area contributed by atoms with E-state index in [0.29, 0.717) is 0 Å². The molecule has 2 nitrogen and oxygen atoms in total. The van der Waals surface area contributed by atoms with Crippen molar-refractivity contribution in [2.24, 2.45) is 0 Å². The Bertz CT molecular complexity index is 413. The zero-order valence-electron chi connectivity index (χ0n) is 12.8. The minimum absolute atomic E-state index is 0.171. The molecule has 0 aliphatic heterocycles. The predicted octanol–water partition coefficient (Wildman–Crippen LogP) is 4.99. The van der Waals surface area contributed by atoms with E-state index in [9.17, 15) is 0 Å². The zero-order valence-corrected chi connectivity index (χ0v) is 15.4. The topological polar surface area (TPSA) is 18.5 Å². The standard InChI is InChI=1S/C15H25BrO2Si/c1-15(2,3)19(5,6)18-14(17-4)11-12-8-7-9-13(16)10-12/h7-10,14H,11H2,1-6H3. The lowest BCUT2D eigenvalue weighted by atomic mass is 10.1. The van der Waals surface area contributed by atoms with Crippen LogP contribution in [0.2, 0.25) is 18.1 Å². The highest BCUT2D eigenvalue weighted by molar-refractivity contribution is 9.10. The Morgan fingerprint density at radius 2 is 1.89 bits per heavy atom. The van der Waals surface area contributed by atoms with Gasteiger partial charge in [0.25, 0.3) is 0 Å². The van der Waals surface area contributed by atoms with Gasteiger partial charge in [0.1, 0.15) is 0 Å². The molecule has 0 bridgehead atoms. The highest BCUT2D eigenvalue weighted by Crippen LogP contribution is 2.37. The van der Waals surface area contributed by atoms with Gasteiger partial charge in [-0.1, -0.05) is 48.8 Å². The first-order chi connectivity index (χ1) is 8.65. The van der Waals surface area contributed by atoms with Gasteiger partial charge in [0.15, 0.2) is 14.6 Å². The summed E-state index contributed by atoms with van der Waals surface area (Å²) in [7, 11) is -0.0751. The van der Waals surface area contributed by atoms with Crippen molar-refractivity contribution in [3.8, 4) is 0 Å². The summed E-state index contributed by atoms with van der Waals surface area (Å²) in [5.41, 5.74) is 1.22. The average molecular weight is 345 g/mol. The Labute approximate surface area is 126 Å². The van der Waals surface area contributed by atoms with Gasteiger partial charge in [0.05, 0.1) is 0 Å². The summed E-state index contributed by atoms with van der Waals surface area (Å²) in [6.45, 7) is 11.2. The molecular weight excluding hydrogens is 320 g/mol. The van der Waals surface area contributed by atoms with Crippen molar-refractivity contribution in [2.45, 2.75) is 51.6 Å². The van der Waals surface area contributed by atoms with Gasteiger partial charge in [-0.05, 0) is 35.8 Å². The van der Waals surface area contributed by atoms with Gasteiger partial charge >= 0.3 is 0 Å². The normalized spacial score (nSPS) is 14.5. The van der Waals surface area contributed by atoms with Crippen LogP contribution < -0.4 is 0 Å². The molecule has 1 aromatic carbocycles. The number of hydrogen-bond acceptors (Lipinski definition) is 2. The van der Waals surface area contributed by atoms with Crippen molar-refractivity contribution in [3.05, 3.63) is 34.3 Å². The molecule has 0 aromatic heterocycles. The van der Waals surface area contributed by atoms with Gasteiger partial charge in [0.2, 0.25) is 0 Å². The first-order valence-corrected chi connectivity index (χ1v) is 10.3. The van der Waals surface area contributed by atoms with Crippen molar-refractivity contribution >= 4 is 24.2 Å². The summed E-state index contributed by atoms with van der Waals surface area (Å²) < 4.78 is 12.9. The molecule has 108 valence electrons. The lowest BCUT2D eigenvalue weighted by Gasteiger charge is -2.38. The lowest BCUT2D eigenvalue weighted by molar-refractivity contribution is -0.0613. The van der Waals surface area contributed by atoms with Crippen molar-refractivity contribution in [1.29, 1.82) is 0 Å². The summed E-state index contributed by atoms with van der Waals surface area (Å²) in [5, 5.41) is 0.195. The summed E-state index contributed by atoms with van der Waals surface area (Å²) in [6, 6.07) is 8.28. The summed E-state index contributed by atoms with van der Waals surface area (Å²) in [6.07, 6.45) is 0.609. The Morgan fingerprint density at radius 3 is 2.37 bits per heavy atom. The molecule has 0 aliphatic carbocycles. The molecular formula is C15H25BrO2Si.